The van der Waals surface area contributed by atoms with E-state index in [0.29, 0.717) is 32.5 Å². The van der Waals surface area contributed by atoms with Crippen LogP contribution in [0.15, 0.2) is 4.47 Å². The minimum atomic E-state index is -0.693. The zero-order valence-corrected chi connectivity index (χ0v) is 14.3. The maximum absolute atomic E-state index is 10.9. The van der Waals surface area contributed by atoms with Crippen molar-refractivity contribution in [2.75, 3.05) is 13.2 Å². The second-order valence-corrected chi connectivity index (χ2v) is 6.99. The van der Waals surface area contributed by atoms with Crippen molar-refractivity contribution in [3.05, 3.63) is 15.9 Å². The summed E-state index contributed by atoms with van der Waals surface area (Å²) in [7, 11) is 1.94. The van der Waals surface area contributed by atoms with Crippen molar-refractivity contribution >= 4 is 15.9 Å². The van der Waals surface area contributed by atoms with Gasteiger partial charge in [-0.05, 0) is 35.2 Å². The molecule has 0 radical (unpaired) electrons. The number of rotatable bonds is 3. The average Bonchev–Trinajstić information content (AvgIpc) is 3.03. The molecular formula is C15H23BrN2O3. The number of ether oxygens (including phenoxy) is 2. The normalized spacial score (nSPS) is 23.8. The molecule has 0 atom stereocenters. The molecule has 0 unspecified atom stereocenters. The van der Waals surface area contributed by atoms with Crippen LogP contribution in [0.5, 0.6) is 0 Å². The average molecular weight is 359 g/mol. The number of hydrogen-bond acceptors (Lipinski definition) is 4. The van der Waals surface area contributed by atoms with Crippen LogP contribution in [0.2, 0.25) is 0 Å². The van der Waals surface area contributed by atoms with Gasteiger partial charge < -0.3 is 14.6 Å². The van der Waals surface area contributed by atoms with Crippen molar-refractivity contribution in [3.63, 3.8) is 0 Å². The SMILES string of the molecule is CCc1nn(C)c(CC2(O)CCC3(CC2)OCCO3)c1Br. The number of aliphatic hydroxyl groups is 1. The summed E-state index contributed by atoms with van der Waals surface area (Å²) in [6, 6.07) is 0. The third-order valence-corrected chi connectivity index (χ3v) is 5.67. The van der Waals surface area contributed by atoms with Crippen LogP contribution in [-0.4, -0.2) is 39.5 Å². The Balaban J connectivity index is 1.72. The van der Waals surface area contributed by atoms with Crippen LogP contribution in [0.25, 0.3) is 0 Å². The fourth-order valence-electron chi connectivity index (χ4n) is 3.38. The summed E-state index contributed by atoms with van der Waals surface area (Å²) in [4.78, 5) is 0. The predicted octanol–water partition coefficient (Wildman–Crippen LogP) is 2.34. The minimum absolute atomic E-state index is 0.426. The van der Waals surface area contributed by atoms with Crippen LogP contribution in [0.4, 0.5) is 0 Å². The molecule has 6 heteroatoms. The molecule has 0 aromatic carbocycles. The van der Waals surface area contributed by atoms with E-state index in [4.69, 9.17) is 9.47 Å². The van der Waals surface area contributed by atoms with E-state index in [-0.39, 0.29) is 0 Å². The van der Waals surface area contributed by atoms with Gasteiger partial charge in [-0.2, -0.15) is 5.10 Å². The standard InChI is InChI=1S/C15H23BrN2O3/c1-3-11-13(16)12(18(2)17-11)10-14(19)4-6-15(7-5-14)20-8-9-21-15/h19H,3-10H2,1-2H3. The summed E-state index contributed by atoms with van der Waals surface area (Å²) in [5.41, 5.74) is 1.42. The molecule has 1 aromatic rings. The molecule has 1 saturated carbocycles. The van der Waals surface area contributed by atoms with E-state index in [0.717, 1.165) is 35.1 Å². The summed E-state index contributed by atoms with van der Waals surface area (Å²) in [6.07, 6.45) is 4.43. The predicted molar refractivity (Wildman–Crippen MR) is 82.0 cm³/mol. The first-order valence-electron chi connectivity index (χ1n) is 7.67. The van der Waals surface area contributed by atoms with Gasteiger partial charge in [-0.1, -0.05) is 6.92 Å². The molecule has 1 N–H and O–H groups in total. The van der Waals surface area contributed by atoms with E-state index in [1.54, 1.807) is 0 Å². The van der Waals surface area contributed by atoms with Crippen LogP contribution in [0.1, 0.15) is 44.0 Å². The molecule has 1 aliphatic carbocycles. The fourth-order valence-corrected chi connectivity index (χ4v) is 4.14. The molecule has 1 aliphatic heterocycles. The lowest BCUT2D eigenvalue weighted by atomic mass is 9.78. The third-order valence-electron chi connectivity index (χ3n) is 4.76. The minimum Gasteiger partial charge on any atom is -0.389 e. The van der Waals surface area contributed by atoms with Gasteiger partial charge in [0, 0.05) is 26.3 Å². The molecule has 1 spiro atoms. The molecule has 0 bridgehead atoms. The molecule has 1 aromatic heterocycles. The summed E-state index contributed by atoms with van der Waals surface area (Å²) in [5.74, 6) is -0.426. The molecule has 2 aliphatic rings. The summed E-state index contributed by atoms with van der Waals surface area (Å²) in [6.45, 7) is 3.43. The maximum atomic E-state index is 10.9. The second kappa shape index (κ2) is 5.65. The van der Waals surface area contributed by atoms with Gasteiger partial charge in [0.05, 0.1) is 34.7 Å². The number of nitrogens with zero attached hydrogens (tertiary/aromatic N) is 2. The van der Waals surface area contributed by atoms with Crippen LogP contribution >= 0.6 is 15.9 Å². The molecule has 118 valence electrons. The van der Waals surface area contributed by atoms with Gasteiger partial charge in [-0.3, -0.25) is 4.68 Å². The Morgan fingerprint density at radius 2 is 1.86 bits per heavy atom. The van der Waals surface area contributed by atoms with Crippen molar-refractivity contribution in [2.45, 2.75) is 56.8 Å². The van der Waals surface area contributed by atoms with Gasteiger partial charge in [0.15, 0.2) is 5.79 Å². The quantitative estimate of drug-likeness (QED) is 0.900. The highest BCUT2D eigenvalue weighted by Crippen LogP contribution is 2.42. The topological polar surface area (TPSA) is 56.5 Å². The van der Waals surface area contributed by atoms with Crippen LogP contribution < -0.4 is 0 Å². The monoisotopic (exact) mass is 358 g/mol. The zero-order chi connectivity index (χ0) is 15.1. The smallest absolute Gasteiger partial charge is 0.168 e. The highest BCUT2D eigenvalue weighted by atomic mass is 79.9. The Labute approximate surface area is 133 Å². The van der Waals surface area contributed by atoms with Crippen LogP contribution in [0, 0.1) is 0 Å². The van der Waals surface area contributed by atoms with E-state index in [9.17, 15) is 5.11 Å². The largest absolute Gasteiger partial charge is 0.389 e. The fraction of sp³-hybridized carbons (Fsp3) is 0.800. The second-order valence-electron chi connectivity index (χ2n) is 6.19. The Bertz CT molecular complexity index is 513. The molecule has 0 amide bonds. The Morgan fingerprint density at radius 3 is 2.38 bits per heavy atom. The zero-order valence-electron chi connectivity index (χ0n) is 12.7. The lowest BCUT2D eigenvalue weighted by Gasteiger charge is -2.40. The molecule has 21 heavy (non-hydrogen) atoms. The van der Waals surface area contributed by atoms with Gasteiger partial charge in [0.1, 0.15) is 0 Å². The maximum Gasteiger partial charge on any atom is 0.168 e. The molecule has 2 heterocycles. The third kappa shape index (κ3) is 2.91. The summed E-state index contributed by atoms with van der Waals surface area (Å²) < 4.78 is 14.4. The number of aryl methyl sites for hydroxylation is 2. The van der Waals surface area contributed by atoms with E-state index in [1.165, 1.54) is 0 Å². The molecule has 5 nitrogen and oxygen atoms in total. The first-order chi connectivity index (χ1) is 9.97. The van der Waals surface area contributed by atoms with Gasteiger partial charge in [-0.15, -0.1) is 0 Å². The Hall–Kier alpha value is -0.430. The Morgan fingerprint density at radius 1 is 1.24 bits per heavy atom. The Kier molecular flexibility index (Phi) is 4.16. The first kappa shape index (κ1) is 15.5. The van der Waals surface area contributed by atoms with Gasteiger partial charge in [0.2, 0.25) is 0 Å². The first-order valence-corrected chi connectivity index (χ1v) is 8.47. The molecule has 2 fully saturated rings. The number of halogens is 1. The van der Waals surface area contributed by atoms with Crippen LogP contribution in [0.3, 0.4) is 0 Å². The van der Waals surface area contributed by atoms with Crippen molar-refractivity contribution < 1.29 is 14.6 Å². The van der Waals surface area contributed by atoms with Crippen LogP contribution in [-0.2, 0) is 29.4 Å². The lowest BCUT2D eigenvalue weighted by Crippen LogP contribution is -2.45. The van der Waals surface area contributed by atoms with Crippen molar-refractivity contribution in [3.8, 4) is 0 Å². The van der Waals surface area contributed by atoms with E-state index in [2.05, 4.69) is 28.0 Å². The highest BCUT2D eigenvalue weighted by Gasteiger charge is 2.46. The van der Waals surface area contributed by atoms with Gasteiger partial charge >= 0.3 is 0 Å². The number of aromatic nitrogens is 2. The van der Waals surface area contributed by atoms with Crippen molar-refractivity contribution in [1.29, 1.82) is 0 Å². The van der Waals surface area contributed by atoms with E-state index in [1.807, 2.05) is 11.7 Å². The summed E-state index contributed by atoms with van der Waals surface area (Å²) in [5, 5.41) is 15.4. The van der Waals surface area contributed by atoms with Crippen molar-refractivity contribution in [2.24, 2.45) is 7.05 Å². The molecule has 3 rings (SSSR count). The van der Waals surface area contributed by atoms with E-state index < -0.39 is 11.4 Å². The van der Waals surface area contributed by atoms with E-state index >= 15 is 0 Å². The number of hydrogen-bond donors (Lipinski definition) is 1. The van der Waals surface area contributed by atoms with Gasteiger partial charge in [0.25, 0.3) is 0 Å². The summed E-state index contributed by atoms with van der Waals surface area (Å²) >= 11 is 3.63. The molecular weight excluding hydrogens is 336 g/mol. The lowest BCUT2D eigenvalue weighted by molar-refractivity contribution is -0.202. The highest BCUT2D eigenvalue weighted by molar-refractivity contribution is 9.10. The van der Waals surface area contributed by atoms with Crippen molar-refractivity contribution in [1.82, 2.24) is 9.78 Å². The molecule has 1 saturated heterocycles. The van der Waals surface area contributed by atoms with Gasteiger partial charge in [-0.25, -0.2) is 0 Å².